The minimum absolute atomic E-state index is 0.131. The highest BCUT2D eigenvalue weighted by Gasteiger charge is 2.28. The van der Waals surface area contributed by atoms with Gasteiger partial charge in [-0.05, 0) is 55.0 Å². The van der Waals surface area contributed by atoms with Crippen LogP contribution in [0.25, 0.3) is 5.52 Å². The molecule has 0 aliphatic heterocycles. The van der Waals surface area contributed by atoms with Crippen LogP contribution in [0, 0.1) is 0 Å². The Morgan fingerprint density at radius 2 is 2.16 bits per heavy atom. The third-order valence-electron chi connectivity index (χ3n) is 4.62. The lowest BCUT2D eigenvalue weighted by atomic mass is 9.87. The summed E-state index contributed by atoms with van der Waals surface area (Å²) in [6.45, 7) is 4.69. The van der Waals surface area contributed by atoms with Gasteiger partial charge < -0.3 is 15.2 Å². The molecule has 2 N–H and O–H groups in total. The van der Waals surface area contributed by atoms with Crippen LogP contribution in [0.1, 0.15) is 64.1 Å². The second-order valence-corrected chi connectivity index (χ2v) is 7.38. The molecule has 0 radical (unpaired) electrons. The van der Waals surface area contributed by atoms with Gasteiger partial charge >= 0.3 is 0 Å². The summed E-state index contributed by atoms with van der Waals surface area (Å²) in [4.78, 5) is 9.08. The maximum absolute atomic E-state index is 9.38. The second-order valence-electron chi connectivity index (χ2n) is 6.63. The number of aliphatic hydroxyl groups excluding tert-OH is 1. The van der Waals surface area contributed by atoms with Gasteiger partial charge in [0.25, 0.3) is 0 Å². The van der Waals surface area contributed by atoms with Crippen molar-refractivity contribution in [3.63, 3.8) is 0 Å². The number of halogens is 1. The van der Waals surface area contributed by atoms with Crippen molar-refractivity contribution in [1.29, 1.82) is 0 Å². The number of hydrogen-bond acceptors (Lipinski definition) is 6. The van der Waals surface area contributed by atoms with Gasteiger partial charge in [-0.15, -0.1) is 5.10 Å². The lowest BCUT2D eigenvalue weighted by molar-refractivity contribution is -0.133. The van der Waals surface area contributed by atoms with Crippen LogP contribution in [-0.4, -0.2) is 43.6 Å². The van der Waals surface area contributed by atoms with E-state index in [4.69, 9.17) is 9.72 Å². The van der Waals surface area contributed by atoms with Gasteiger partial charge in [-0.3, -0.25) is 0 Å². The molecule has 2 heterocycles. The van der Waals surface area contributed by atoms with Crippen LogP contribution in [0.5, 0.6) is 0 Å². The predicted molar refractivity (Wildman–Crippen MR) is 99.6 cm³/mol. The van der Waals surface area contributed by atoms with Gasteiger partial charge in [0.15, 0.2) is 6.29 Å². The average Bonchev–Trinajstić information content (AvgIpc) is 2.92. The topological polar surface area (TPSA) is 84.6 Å². The summed E-state index contributed by atoms with van der Waals surface area (Å²) < 4.78 is 8.22. The molecule has 138 valence electrons. The maximum Gasteiger partial charge on any atom is 0.241 e. The molecular formula is C17H26BrN5O2. The largest absolute Gasteiger partial charge is 0.368 e. The fourth-order valence-corrected chi connectivity index (χ4v) is 3.78. The van der Waals surface area contributed by atoms with Gasteiger partial charge in [-0.1, -0.05) is 13.3 Å². The summed E-state index contributed by atoms with van der Waals surface area (Å²) in [5, 5.41) is 17.3. The van der Waals surface area contributed by atoms with E-state index < -0.39 is 6.29 Å². The summed E-state index contributed by atoms with van der Waals surface area (Å²) in [6, 6.07) is 0. The van der Waals surface area contributed by atoms with Crippen molar-refractivity contribution in [3.8, 4) is 0 Å². The van der Waals surface area contributed by atoms with E-state index in [2.05, 4.69) is 38.3 Å². The number of rotatable bonds is 7. The van der Waals surface area contributed by atoms with Crippen molar-refractivity contribution < 1.29 is 9.84 Å². The molecule has 0 bridgehead atoms. The number of unbranched alkanes of at least 4 members (excludes halogenated alkanes) is 1. The highest BCUT2D eigenvalue weighted by molar-refractivity contribution is 9.10. The SMILES string of the molecule is CCCCNc1ncc2c(Br)nc(C3CCC(OC(C)O)CC3)n2n1. The maximum atomic E-state index is 9.38. The normalized spacial score (nSPS) is 22.2. The summed E-state index contributed by atoms with van der Waals surface area (Å²) in [6.07, 6.45) is 7.27. The van der Waals surface area contributed by atoms with E-state index in [9.17, 15) is 5.11 Å². The molecule has 1 saturated carbocycles. The van der Waals surface area contributed by atoms with E-state index in [1.165, 1.54) is 0 Å². The Bertz CT molecular complexity index is 698. The smallest absolute Gasteiger partial charge is 0.241 e. The molecule has 3 rings (SSSR count). The Balaban J connectivity index is 1.75. The Morgan fingerprint density at radius 3 is 2.84 bits per heavy atom. The molecule has 0 aromatic carbocycles. The first kappa shape index (κ1) is 18.5. The van der Waals surface area contributed by atoms with Crippen LogP contribution >= 0.6 is 15.9 Å². The lowest BCUT2D eigenvalue weighted by Gasteiger charge is -2.28. The molecule has 1 aliphatic rings. The first-order chi connectivity index (χ1) is 12.1. The highest BCUT2D eigenvalue weighted by atomic mass is 79.9. The summed E-state index contributed by atoms with van der Waals surface area (Å²) in [5.41, 5.74) is 0.887. The Hall–Kier alpha value is -1.25. The second kappa shape index (κ2) is 8.42. The van der Waals surface area contributed by atoms with Crippen molar-refractivity contribution in [2.75, 3.05) is 11.9 Å². The van der Waals surface area contributed by atoms with Crippen LogP contribution in [0.2, 0.25) is 0 Å². The molecule has 2 aromatic rings. The van der Waals surface area contributed by atoms with Gasteiger partial charge in [0.1, 0.15) is 15.9 Å². The molecule has 1 fully saturated rings. The third-order valence-corrected chi connectivity index (χ3v) is 5.20. The van der Waals surface area contributed by atoms with E-state index in [0.29, 0.717) is 11.9 Å². The number of fused-ring (bicyclic) bond motifs is 1. The molecule has 7 nitrogen and oxygen atoms in total. The van der Waals surface area contributed by atoms with Gasteiger partial charge in [-0.2, -0.15) is 0 Å². The van der Waals surface area contributed by atoms with Crippen molar-refractivity contribution in [2.24, 2.45) is 0 Å². The van der Waals surface area contributed by atoms with Crippen LogP contribution in [0.4, 0.5) is 5.95 Å². The molecule has 0 amide bonds. The van der Waals surface area contributed by atoms with E-state index >= 15 is 0 Å². The van der Waals surface area contributed by atoms with Gasteiger partial charge in [0.05, 0.1) is 12.3 Å². The molecule has 25 heavy (non-hydrogen) atoms. The number of aromatic nitrogens is 4. The number of aliphatic hydroxyl groups is 1. The van der Waals surface area contributed by atoms with Crippen molar-refractivity contribution in [1.82, 2.24) is 19.6 Å². The third kappa shape index (κ3) is 4.48. The van der Waals surface area contributed by atoms with Crippen molar-refractivity contribution in [3.05, 3.63) is 16.6 Å². The van der Waals surface area contributed by atoms with Crippen LogP contribution in [0.15, 0.2) is 10.8 Å². The summed E-state index contributed by atoms with van der Waals surface area (Å²) in [7, 11) is 0. The molecule has 1 unspecified atom stereocenters. The number of nitrogens with zero attached hydrogens (tertiary/aromatic N) is 4. The predicted octanol–water partition coefficient (Wildman–Crippen LogP) is 3.48. The fourth-order valence-electron chi connectivity index (χ4n) is 3.33. The monoisotopic (exact) mass is 411 g/mol. The summed E-state index contributed by atoms with van der Waals surface area (Å²) >= 11 is 3.53. The number of hydrogen-bond donors (Lipinski definition) is 2. The number of imidazole rings is 1. The quantitative estimate of drug-likeness (QED) is 0.535. The lowest BCUT2D eigenvalue weighted by Crippen LogP contribution is -2.25. The number of ether oxygens (including phenoxy) is 1. The molecule has 8 heteroatoms. The minimum Gasteiger partial charge on any atom is -0.368 e. The Kier molecular flexibility index (Phi) is 6.24. The van der Waals surface area contributed by atoms with Gasteiger partial charge in [0, 0.05) is 12.5 Å². The molecule has 0 spiro atoms. The molecule has 2 aromatic heterocycles. The standard InChI is InChI=1S/C17H26BrN5O2/c1-3-4-9-19-17-20-10-14-15(18)21-16(23(14)22-17)12-5-7-13(8-6-12)25-11(2)24/h10-13,24H,3-9H2,1-2H3,(H,19,22). The zero-order valence-corrected chi connectivity index (χ0v) is 16.4. The molecule has 0 saturated heterocycles. The fraction of sp³-hybridized carbons (Fsp3) is 0.706. The van der Waals surface area contributed by atoms with E-state index in [-0.39, 0.29) is 6.10 Å². The Labute approximate surface area is 156 Å². The minimum atomic E-state index is -0.701. The first-order valence-electron chi connectivity index (χ1n) is 9.07. The zero-order chi connectivity index (χ0) is 17.8. The zero-order valence-electron chi connectivity index (χ0n) is 14.8. The molecular weight excluding hydrogens is 386 g/mol. The van der Waals surface area contributed by atoms with Crippen molar-refractivity contribution in [2.45, 2.75) is 70.7 Å². The van der Waals surface area contributed by atoms with E-state index in [0.717, 1.165) is 61.0 Å². The van der Waals surface area contributed by atoms with Crippen LogP contribution < -0.4 is 5.32 Å². The molecule has 1 aliphatic carbocycles. The Morgan fingerprint density at radius 1 is 1.40 bits per heavy atom. The van der Waals surface area contributed by atoms with Gasteiger partial charge in [-0.25, -0.2) is 14.5 Å². The van der Waals surface area contributed by atoms with E-state index in [1.54, 1.807) is 6.92 Å². The molecule has 1 atom stereocenters. The number of nitrogens with one attached hydrogen (secondary N) is 1. The highest BCUT2D eigenvalue weighted by Crippen LogP contribution is 2.35. The van der Waals surface area contributed by atoms with Gasteiger partial charge in [0.2, 0.25) is 5.95 Å². The summed E-state index contributed by atoms with van der Waals surface area (Å²) in [5.74, 6) is 1.95. The van der Waals surface area contributed by atoms with Crippen molar-refractivity contribution >= 4 is 27.4 Å². The van der Waals surface area contributed by atoms with E-state index in [1.807, 2.05) is 10.7 Å². The van der Waals surface area contributed by atoms with Crippen LogP contribution in [-0.2, 0) is 4.74 Å². The van der Waals surface area contributed by atoms with Crippen LogP contribution in [0.3, 0.4) is 0 Å². The number of anilines is 1. The first-order valence-corrected chi connectivity index (χ1v) is 9.86. The average molecular weight is 412 g/mol.